The Bertz CT molecular complexity index is 1020. The Labute approximate surface area is 181 Å². The Morgan fingerprint density at radius 3 is 1.40 bits per heavy atom. The number of ketones is 2. The van der Waals surface area contributed by atoms with Crippen LogP contribution >= 0.6 is 23.2 Å². The number of carbonyl (C=O) groups excluding carboxylic acids is 2. The van der Waals surface area contributed by atoms with Crippen molar-refractivity contribution in [3.8, 4) is 23.0 Å². The first kappa shape index (κ1) is 21.4. The number of allylic oxidation sites excluding steroid dienone is 2. The van der Waals surface area contributed by atoms with Gasteiger partial charge >= 0.3 is 0 Å². The number of hydrogen-bond donors (Lipinski definition) is 4. The van der Waals surface area contributed by atoms with Gasteiger partial charge in [-0.25, -0.2) is 0 Å². The molecular formula is C20H16Cl2N2O6. The monoisotopic (exact) mass is 450 g/mol. The number of benzene rings is 2. The summed E-state index contributed by atoms with van der Waals surface area (Å²) in [6.45, 7) is 0. The molecule has 2 aromatic carbocycles. The van der Waals surface area contributed by atoms with E-state index in [2.05, 4.69) is 10.6 Å². The summed E-state index contributed by atoms with van der Waals surface area (Å²) in [6.07, 6.45) is 0. The molecule has 8 nitrogen and oxygen atoms in total. The largest absolute Gasteiger partial charge is 0.504 e. The topological polar surface area (TPSA) is 117 Å². The van der Waals surface area contributed by atoms with Crippen LogP contribution in [0.3, 0.4) is 0 Å². The fraction of sp³-hybridized carbons (Fsp3) is 0.100. The zero-order chi connectivity index (χ0) is 22.0. The Morgan fingerprint density at radius 2 is 1.10 bits per heavy atom. The maximum Gasteiger partial charge on any atom is 0.224 e. The number of phenolic OH excluding ortho intramolecular Hbond substituents is 2. The van der Waals surface area contributed by atoms with E-state index in [-0.39, 0.29) is 44.5 Å². The molecule has 0 fully saturated rings. The second-order valence-corrected chi connectivity index (χ2v) is 6.82. The molecule has 0 spiro atoms. The lowest BCUT2D eigenvalue weighted by Crippen LogP contribution is -2.27. The van der Waals surface area contributed by atoms with Gasteiger partial charge in [0, 0.05) is 23.5 Å². The van der Waals surface area contributed by atoms with E-state index in [0.717, 1.165) is 0 Å². The van der Waals surface area contributed by atoms with Crippen molar-refractivity contribution < 1.29 is 29.3 Å². The zero-order valence-corrected chi connectivity index (χ0v) is 17.3. The van der Waals surface area contributed by atoms with Gasteiger partial charge < -0.3 is 30.3 Å². The molecule has 0 aliphatic heterocycles. The number of phenols is 2. The quantitative estimate of drug-likeness (QED) is 0.492. The Morgan fingerprint density at radius 1 is 0.733 bits per heavy atom. The summed E-state index contributed by atoms with van der Waals surface area (Å²) in [5.41, 5.74) is 0.117. The number of halogens is 2. The van der Waals surface area contributed by atoms with Crippen LogP contribution in [0.5, 0.6) is 23.0 Å². The van der Waals surface area contributed by atoms with Gasteiger partial charge in [-0.1, -0.05) is 23.2 Å². The first-order valence-electron chi connectivity index (χ1n) is 8.43. The van der Waals surface area contributed by atoms with E-state index in [1.54, 1.807) is 0 Å². The van der Waals surface area contributed by atoms with Gasteiger partial charge in [0.1, 0.15) is 21.5 Å². The van der Waals surface area contributed by atoms with Gasteiger partial charge in [0.25, 0.3) is 0 Å². The minimum absolute atomic E-state index is 0.169. The number of Topliss-reactive ketones (excluding diaryl/α,β-unsaturated/α-hetero) is 2. The highest BCUT2D eigenvalue weighted by Gasteiger charge is 2.34. The molecule has 0 heterocycles. The highest BCUT2D eigenvalue weighted by Crippen LogP contribution is 2.35. The highest BCUT2D eigenvalue weighted by atomic mass is 35.5. The minimum atomic E-state index is -0.725. The smallest absolute Gasteiger partial charge is 0.224 e. The summed E-state index contributed by atoms with van der Waals surface area (Å²) in [6, 6.07) is 8.61. The molecule has 1 aliphatic carbocycles. The van der Waals surface area contributed by atoms with Gasteiger partial charge in [0.05, 0.1) is 14.2 Å². The lowest BCUT2D eigenvalue weighted by molar-refractivity contribution is -0.115. The Hall–Kier alpha value is -3.36. The van der Waals surface area contributed by atoms with Crippen LogP contribution in [0.15, 0.2) is 57.9 Å². The van der Waals surface area contributed by atoms with Crippen molar-refractivity contribution >= 4 is 46.1 Å². The number of rotatable bonds is 6. The maximum absolute atomic E-state index is 12.7. The maximum atomic E-state index is 12.7. The highest BCUT2D eigenvalue weighted by molar-refractivity contribution is 6.56. The van der Waals surface area contributed by atoms with Crippen molar-refractivity contribution in [1.29, 1.82) is 0 Å². The van der Waals surface area contributed by atoms with E-state index in [1.807, 2.05) is 0 Å². The van der Waals surface area contributed by atoms with Crippen LogP contribution in [0.1, 0.15) is 0 Å². The summed E-state index contributed by atoms with van der Waals surface area (Å²) in [5, 5.41) is 24.4. The SMILES string of the molecule is COc1ccc(NC2=C(Cl)C(=O)C(Nc3ccc(OC)c(O)c3)=C(Cl)C2=O)cc1O. The molecule has 0 saturated carbocycles. The van der Waals surface area contributed by atoms with Gasteiger partial charge in [-0.05, 0) is 24.3 Å². The zero-order valence-electron chi connectivity index (χ0n) is 15.7. The molecule has 0 atom stereocenters. The fourth-order valence-corrected chi connectivity index (χ4v) is 3.15. The molecular weight excluding hydrogens is 435 g/mol. The number of anilines is 2. The van der Waals surface area contributed by atoms with E-state index < -0.39 is 11.6 Å². The number of aromatic hydroxyl groups is 2. The molecule has 30 heavy (non-hydrogen) atoms. The lowest BCUT2D eigenvalue weighted by Gasteiger charge is -2.20. The summed E-state index contributed by atoms with van der Waals surface area (Å²) in [7, 11) is 2.79. The summed E-state index contributed by atoms with van der Waals surface area (Å²) < 4.78 is 9.92. The normalized spacial score (nSPS) is 14.1. The van der Waals surface area contributed by atoms with Gasteiger partial charge in [-0.2, -0.15) is 0 Å². The first-order chi connectivity index (χ1) is 14.3. The van der Waals surface area contributed by atoms with Crippen molar-refractivity contribution in [2.75, 3.05) is 24.9 Å². The standard InChI is InChI=1S/C20H16Cl2N2O6/c1-29-13-5-3-9(7-11(13)25)23-17-15(21)20(28)18(16(22)19(17)27)24-10-4-6-14(30-2)12(26)8-10/h3-8,23-26H,1-2H3. The van der Waals surface area contributed by atoms with Crippen LogP contribution in [0.4, 0.5) is 11.4 Å². The van der Waals surface area contributed by atoms with E-state index in [0.29, 0.717) is 11.4 Å². The molecule has 0 aromatic heterocycles. The number of nitrogens with one attached hydrogen (secondary N) is 2. The molecule has 0 radical (unpaired) electrons. The van der Waals surface area contributed by atoms with Crippen LogP contribution in [0.2, 0.25) is 0 Å². The van der Waals surface area contributed by atoms with Gasteiger partial charge in [0.15, 0.2) is 23.0 Å². The number of ether oxygens (including phenoxy) is 2. The summed E-state index contributed by atoms with van der Waals surface area (Å²) in [4.78, 5) is 25.4. The minimum Gasteiger partial charge on any atom is -0.504 e. The van der Waals surface area contributed by atoms with Crippen LogP contribution in [-0.4, -0.2) is 36.0 Å². The molecule has 1 aliphatic rings. The molecule has 2 aromatic rings. The van der Waals surface area contributed by atoms with Crippen LogP contribution in [0, 0.1) is 0 Å². The van der Waals surface area contributed by atoms with Gasteiger partial charge in [0.2, 0.25) is 11.6 Å². The third kappa shape index (κ3) is 4.00. The molecule has 3 rings (SSSR count). The number of carbonyl (C=O) groups is 2. The Balaban J connectivity index is 1.88. The average molecular weight is 451 g/mol. The van der Waals surface area contributed by atoms with Crippen molar-refractivity contribution in [3.05, 3.63) is 57.9 Å². The summed E-state index contributed by atoms with van der Waals surface area (Å²) >= 11 is 12.3. The van der Waals surface area contributed by atoms with Crippen LogP contribution in [0.25, 0.3) is 0 Å². The molecule has 0 amide bonds. The molecule has 0 bridgehead atoms. The van der Waals surface area contributed by atoms with E-state index >= 15 is 0 Å². The Kier molecular flexibility index (Phi) is 6.09. The van der Waals surface area contributed by atoms with E-state index in [1.165, 1.54) is 50.6 Å². The second kappa shape index (κ2) is 8.56. The van der Waals surface area contributed by atoms with Crippen molar-refractivity contribution in [2.24, 2.45) is 0 Å². The molecule has 0 saturated heterocycles. The second-order valence-electron chi connectivity index (χ2n) is 6.06. The molecule has 0 unspecified atom stereocenters. The third-order valence-electron chi connectivity index (χ3n) is 4.19. The van der Waals surface area contributed by atoms with Crippen molar-refractivity contribution in [3.63, 3.8) is 0 Å². The average Bonchev–Trinajstić information content (AvgIpc) is 2.73. The molecule has 10 heteroatoms. The van der Waals surface area contributed by atoms with E-state index in [4.69, 9.17) is 32.7 Å². The van der Waals surface area contributed by atoms with E-state index in [9.17, 15) is 19.8 Å². The number of hydrogen-bond acceptors (Lipinski definition) is 8. The molecule has 156 valence electrons. The number of methoxy groups -OCH3 is 2. The molecule has 4 N–H and O–H groups in total. The van der Waals surface area contributed by atoms with Crippen molar-refractivity contribution in [1.82, 2.24) is 0 Å². The van der Waals surface area contributed by atoms with Gasteiger partial charge in [-0.3, -0.25) is 9.59 Å². The third-order valence-corrected chi connectivity index (χ3v) is 4.91. The predicted octanol–water partition coefficient (Wildman–Crippen LogP) is 3.69. The summed E-state index contributed by atoms with van der Waals surface area (Å²) in [5.74, 6) is -1.32. The first-order valence-corrected chi connectivity index (χ1v) is 9.19. The lowest BCUT2D eigenvalue weighted by atomic mass is 10.0. The van der Waals surface area contributed by atoms with Crippen molar-refractivity contribution in [2.45, 2.75) is 0 Å². The predicted molar refractivity (Wildman–Crippen MR) is 112 cm³/mol. The van der Waals surface area contributed by atoms with Crippen LogP contribution in [-0.2, 0) is 9.59 Å². The fourth-order valence-electron chi connectivity index (χ4n) is 2.69. The van der Waals surface area contributed by atoms with Gasteiger partial charge in [-0.15, -0.1) is 0 Å². The van der Waals surface area contributed by atoms with Crippen LogP contribution < -0.4 is 20.1 Å².